The minimum atomic E-state index is -0.151. The van der Waals surface area contributed by atoms with Gasteiger partial charge in [0.25, 0.3) is 0 Å². The summed E-state index contributed by atoms with van der Waals surface area (Å²) in [5.74, 6) is -0.151. The molecule has 1 amide bonds. The van der Waals surface area contributed by atoms with E-state index in [0.717, 1.165) is 16.1 Å². The van der Waals surface area contributed by atoms with Gasteiger partial charge in [-0.25, -0.2) is 0 Å². The van der Waals surface area contributed by atoms with E-state index >= 15 is 0 Å². The van der Waals surface area contributed by atoms with Gasteiger partial charge in [-0.3, -0.25) is 9.48 Å². The average molecular weight is 273 g/mol. The van der Waals surface area contributed by atoms with E-state index in [4.69, 9.17) is 0 Å². The summed E-state index contributed by atoms with van der Waals surface area (Å²) in [5.41, 5.74) is 1.70. The highest BCUT2D eigenvalue weighted by Crippen LogP contribution is 2.18. The molecule has 5 heteroatoms. The first-order chi connectivity index (χ1) is 9.17. The van der Waals surface area contributed by atoms with Crippen molar-refractivity contribution in [1.82, 2.24) is 9.78 Å². The molecule has 0 aliphatic rings. The quantitative estimate of drug-likeness (QED) is 0.688. The van der Waals surface area contributed by atoms with Crippen molar-refractivity contribution in [2.45, 2.75) is 4.90 Å². The lowest BCUT2D eigenvalue weighted by Gasteiger charge is -2.03. The first kappa shape index (κ1) is 13.4. The molecule has 2 rings (SSSR count). The average Bonchev–Trinajstić information content (AvgIpc) is 2.82. The number of carbonyl (C=O) groups is 1. The number of nitrogens with zero attached hydrogens (tertiary/aromatic N) is 2. The molecule has 0 saturated carbocycles. The van der Waals surface area contributed by atoms with Crippen molar-refractivity contribution in [3.63, 3.8) is 0 Å². The Labute approximate surface area is 116 Å². The molecule has 0 atom stereocenters. The molecule has 1 aromatic carbocycles. The van der Waals surface area contributed by atoms with Crippen molar-refractivity contribution in [2.75, 3.05) is 11.6 Å². The minimum absolute atomic E-state index is 0.151. The van der Waals surface area contributed by atoms with Crippen LogP contribution in [-0.2, 0) is 11.8 Å². The van der Waals surface area contributed by atoms with E-state index in [2.05, 4.69) is 10.4 Å². The fourth-order valence-electron chi connectivity index (χ4n) is 1.58. The Hall–Kier alpha value is -2.01. The smallest absolute Gasteiger partial charge is 0.248 e. The van der Waals surface area contributed by atoms with E-state index in [9.17, 15) is 4.79 Å². The van der Waals surface area contributed by atoms with Crippen LogP contribution in [0.3, 0.4) is 0 Å². The van der Waals surface area contributed by atoms with E-state index in [1.54, 1.807) is 28.7 Å². The number of hydrogen-bond donors (Lipinski definition) is 1. The van der Waals surface area contributed by atoms with Crippen LogP contribution in [0.25, 0.3) is 6.08 Å². The molecule has 2 aromatic rings. The first-order valence-corrected chi connectivity index (χ1v) is 7.01. The van der Waals surface area contributed by atoms with Crippen LogP contribution >= 0.6 is 11.8 Å². The largest absolute Gasteiger partial charge is 0.322 e. The number of aromatic nitrogens is 2. The molecule has 0 fully saturated rings. The third-order valence-corrected chi connectivity index (χ3v) is 3.21. The maximum absolute atomic E-state index is 11.8. The summed E-state index contributed by atoms with van der Waals surface area (Å²) in [5, 5.41) is 6.86. The zero-order valence-electron chi connectivity index (χ0n) is 10.8. The summed E-state index contributed by atoms with van der Waals surface area (Å²) in [7, 11) is 1.84. The number of carbonyl (C=O) groups excluding carboxylic acids is 1. The predicted molar refractivity (Wildman–Crippen MR) is 79.1 cm³/mol. The van der Waals surface area contributed by atoms with Gasteiger partial charge in [-0.2, -0.15) is 5.10 Å². The molecule has 4 nitrogen and oxygen atoms in total. The van der Waals surface area contributed by atoms with Crippen LogP contribution < -0.4 is 5.32 Å². The lowest BCUT2D eigenvalue weighted by molar-refractivity contribution is -0.111. The van der Waals surface area contributed by atoms with Gasteiger partial charge in [-0.15, -0.1) is 11.8 Å². The number of rotatable bonds is 4. The van der Waals surface area contributed by atoms with Crippen molar-refractivity contribution in [3.8, 4) is 0 Å². The van der Waals surface area contributed by atoms with Gasteiger partial charge in [0, 0.05) is 35.5 Å². The normalized spacial score (nSPS) is 10.8. The summed E-state index contributed by atoms with van der Waals surface area (Å²) < 4.78 is 1.69. The number of thioether (sulfide) groups is 1. The Balaban J connectivity index is 1.99. The standard InChI is InChI=1S/C14H15N3OS/c1-17-10-11(9-15-17)6-7-14(18)16-12-4-3-5-13(8-12)19-2/h3-10H,1-2H3,(H,16,18)/b7-6+. The zero-order valence-corrected chi connectivity index (χ0v) is 11.6. The third kappa shape index (κ3) is 3.99. The molecule has 1 aromatic heterocycles. The van der Waals surface area contributed by atoms with Crippen molar-refractivity contribution in [2.24, 2.45) is 7.05 Å². The van der Waals surface area contributed by atoms with Crippen LogP contribution in [0.5, 0.6) is 0 Å². The second-order valence-electron chi connectivity index (χ2n) is 4.00. The van der Waals surface area contributed by atoms with Gasteiger partial charge in [0.1, 0.15) is 0 Å². The fourth-order valence-corrected chi connectivity index (χ4v) is 2.04. The van der Waals surface area contributed by atoms with E-state index in [1.165, 1.54) is 6.08 Å². The summed E-state index contributed by atoms with van der Waals surface area (Å²) in [4.78, 5) is 12.9. The van der Waals surface area contributed by atoms with Crippen LogP contribution in [0.2, 0.25) is 0 Å². The number of nitrogens with one attached hydrogen (secondary N) is 1. The molecule has 0 radical (unpaired) electrons. The number of benzene rings is 1. The lowest BCUT2D eigenvalue weighted by Crippen LogP contribution is -2.07. The molecule has 0 saturated heterocycles. The van der Waals surface area contributed by atoms with E-state index in [-0.39, 0.29) is 5.91 Å². The monoisotopic (exact) mass is 273 g/mol. The van der Waals surface area contributed by atoms with Crippen LogP contribution in [0.15, 0.2) is 47.6 Å². The van der Waals surface area contributed by atoms with Crippen LogP contribution in [0.1, 0.15) is 5.56 Å². The Morgan fingerprint density at radius 3 is 3.00 bits per heavy atom. The fraction of sp³-hybridized carbons (Fsp3) is 0.143. The molecular weight excluding hydrogens is 258 g/mol. The Bertz CT molecular complexity index is 604. The summed E-state index contributed by atoms with van der Waals surface area (Å²) in [6.07, 6.45) is 8.79. The molecular formula is C14H15N3OS. The van der Waals surface area contributed by atoms with E-state index in [1.807, 2.05) is 43.8 Å². The summed E-state index contributed by atoms with van der Waals surface area (Å²) in [6, 6.07) is 7.74. The van der Waals surface area contributed by atoms with Gasteiger partial charge < -0.3 is 5.32 Å². The summed E-state index contributed by atoms with van der Waals surface area (Å²) >= 11 is 1.64. The van der Waals surface area contributed by atoms with Gasteiger partial charge in [0.05, 0.1) is 6.20 Å². The van der Waals surface area contributed by atoms with Crippen LogP contribution in [-0.4, -0.2) is 21.9 Å². The summed E-state index contributed by atoms with van der Waals surface area (Å²) in [6.45, 7) is 0. The van der Waals surface area contributed by atoms with Crippen molar-refractivity contribution >= 4 is 29.4 Å². The first-order valence-electron chi connectivity index (χ1n) is 5.79. The molecule has 0 spiro atoms. The third-order valence-electron chi connectivity index (χ3n) is 2.49. The van der Waals surface area contributed by atoms with Crippen LogP contribution in [0, 0.1) is 0 Å². The second kappa shape index (κ2) is 6.24. The molecule has 1 heterocycles. The number of aryl methyl sites for hydroxylation is 1. The topological polar surface area (TPSA) is 46.9 Å². The van der Waals surface area contributed by atoms with Gasteiger partial charge >= 0.3 is 0 Å². The van der Waals surface area contributed by atoms with Gasteiger partial charge in [-0.05, 0) is 30.5 Å². The molecule has 98 valence electrons. The Morgan fingerprint density at radius 1 is 1.47 bits per heavy atom. The molecule has 0 aliphatic heterocycles. The van der Waals surface area contributed by atoms with Crippen molar-refractivity contribution < 1.29 is 4.79 Å². The predicted octanol–water partition coefficient (Wildman–Crippen LogP) is 2.79. The van der Waals surface area contributed by atoms with Gasteiger partial charge in [0.2, 0.25) is 5.91 Å². The molecule has 0 bridgehead atoms. The minimum Gasteiger partial charge on any atom is -0.322 e. The van der Waals surface area contributed by atoms with Crippen LogP contribution in [0.4, 0.5) is 5.69 Å². The number of amides is 1. The van der Waals surface area contributed by atoms with Crippen molar-refractivity contribution in [3.05, 3.63) is 48.3 Å². The SMILES string of the molecule is CSc1cccc(NC(=O)/C=C/c2cnn(C)c2)c1. The molecule has 1 N–H and O–H groups in total. The van der Waals surface area contributed by atoms with E-state index in [0.29, 0.717) is 0 Å². The zero-order chi connectivity index (χ0) is 13.7. The highest BCUT2D eigenvalue weighted by molar-refractivity contribution is 7.98. The lowest BCUT2D eigenvalue weighted by atomic mass is 10.3. The number of hydrogen-bond acceptors (Lipinski definition) is 3. The molecule has 19 heavy (non-hydrogen) atoms. The molecule has 0 aliphatic carbocycles. The van der Waals surface area contributed by atoms with Crippen molar-refractivity contribution in [1.29, 1.82) is 0 Å². The van der Waals surface area contributed by atoms with Gasteiger partial charge in [0.15, 0.2) is 0 Å². The second-order valence-corrected chi connectivity index (χ2v) is 4.88. The number of anilines is 1. The maximum Gasteiger partial charge on any atom is 0.248 e. The van der Waals surface area contributed by atoms with Gasteiger partial charge in [-0.1, -0.05) is 6.07 Å². The molecule has 0 unspecified atom stereocenters. The Kier molecular flexibility index (Phi) is 4.41. The Morgan fingerprint density at radius 2 is 2.32 bits per heavy atom. The highest BCUT2D eigenvalue weighted by Gasteiger charge is 1.99. The van der Waals surface area contributed by atoms with E-state index < -0.39 is 0 Å². The maximum atomic E-state index is 11.8. The highest BCUT2D eigenvalue weighted by atomic mass is 32.2.